The lowest BCUT2D eigenvalue weighted by Crippen LogP contribution is -2.30. The van der Waals surface area contributed by atoms with E-state index in [1.165, 1.54) is 16.8 Å². The minimum atomic E-state index is 0. The number of aromatic nitrogens is 2. The number of nitrogens with two attached hydrogens (primary N) is 1. The molecule has 3 nitrogen and oxygen atoms in total. The first kappa shape index (κ1) is 13.1. The molecule has 0 saturated carbocycles. The van der Waals surface area contributed by atoms with Crippen molar-refractivity contribution in [3.05, 3.63) is 41.7 Å². The number of halogens is 1. The Morgan fingerprint density at radius 3 is 3.00 bits per heavy atom. The number of fused-ring (bicyclic) bond motifs is 1. The quantitative estimate of drug-likeness (QED) is 0.859. The topological polar surface area (TPSA) is 43.8 Å². The zero-order chi connectivity index (χ0) is 11.8. The van der Waals surface area contributed by atoms with Crippen LogP contribution in [0.1, 0.15) is 17.7 Å². The van der Waals surface area contributed by atoms with Crippen LogP contribution in [0.5, 0.6) is 0 Å². The normalized spacial score (nSPS) is 18.0. The highest BCUT2D eigenvalue weighted by Gasteiger charge is 2.19. The Hall–Kier alpha value is -1.32. The molecule has 0 amide bonds. The summed E-state index contributed by atoms with van der Waals surface area (Å²) in [7, 11) is 0. The maximum Gasteiger partial charge on any atom is 0.140 e. The Kier molecular flexibility index (Phi) is 3.73. The molecule has 1 aromatic heterocycles. The van der Waals surface area contributed by atoms with Crippen molar-refractivity contribution in [1.82, 2.24) is 9.55 Å². The van der Waals surface area contributed by atoms with Crippen molar-refractivity contribution in [3.8, 4) is 11.4 Å². The number of imidazole rings is 1. The van der Waals surface area contributed by atoms with Gasteiger partial charge in [0, 0.05) is 36.5 Å². The Morgan fingerprint density at radius 2 is 2.22 bits per heavy atom. The third-order valence-corrected chi connectivity index (χ3v) is 3.41. The second kappa shape index (κ2) is 5.12. The lowest BCUT2D eigenvalue weighted by atomic mass is 10.1. The second-order valence-corrected chi connectivity index (χ2v) is 4.85. The minimum absolute atomic E-state index is 0. The van der Waals surface area contributed by atoms with Gasteiger partial charge in [0.15, 0.2) is 0 Å². The molecule has 1 aliphatic heterocycles. The molecule has 0 spiro atoms. The van der Waals surface area contributed by atoms with E-state index in [2.05, 4.69) is 40.7 Å². The van der Waals surface area contributed by atoms with Crippen LogP contribution in [0, 0.1) is 6.92 Å². The first-order valence-corrected chi connectivity index (χ1v) is 6.11. The van der Waals surface area contributed by atoms with E-state index >= 15 is 0 Å². The van der Waals surface area contributed by atoms with Crippen molar-refractivity contribution in [1.29, 1.82) is 0 Å². The summed E-state index contributed by atoms with van der Waals surface area (Å²) < 4.78 is 2.30. The number of nitrogens with zero attached hydrogens (tertiary/aromatic N) is 2. The summed E-state index contributed by atoms with van der Waals surface area (Å²) >= 11 is 0. The van der Waals surface area contributed by atoms with E-state index in [-0.39, 0.29) is 12.4 Å². The number of aryl methyl sites for hydroxylation is 1. The van der Waals surface area contributed by atoms with Gasteiger partial charge in [-0.1, -0.05) is 23.8 Å². The smallest absolute Gasteiger partial charge is 0.140 e. The largest absolute Gasteiger partial charge is 0.328 e. The van der Waals surface area contributed by atoms with E-state index in [1.54, 1.807) is 0 Å². The van der Waals surface area contributed by atoms with Crippen LogP contribution < -0.4 is 5.73 Å². The number of hydrogen-bond acceptors (Lipinski definition) is 2. The molecule has 0 aliphatic carbocycles. The Bertz CT molecular complexity index is 548. The standard InChI is InChI=1S/C14H17N3.ClH/c1-10-3-2-4-11(7-10)14-16-9-13-8-12(15)5-6-17(13)14;/h2-4,7,9,12H,5-6,8,15H2,1H3;1H. The molecule has 0 radical (unpaired) electrons. The molecule has 2 aromatic rings. The average Bonchev–Trinajstić information content (AvgIpc) is 2.71. The van der Waals surface area contributed by atoms with Gasteiger partial charge in [-0.2, -0.15) is 0 Å². The molecule has 0 bridgehead atoms. The molecule has 4 heteroatoms. The van der Waals surface area contributed by atoms with Crippen molar-refractivity contribution < 1.29 is 0 Å². The zero-order valence-corrected chi connectivity index (χ0v) is 11.3. The predicted molar refractivity (Wildman–Crippen MR) is 75.9 cm³/mol. The average molecular weight is 264 g/mol. The Balaban J connectivity index is 0.00000120. The van der Waals surface area contributed by atoms with Crippen LogP contribution >= 0.6 is 12.4 Å². The van der Waals surface area contributed by atoms with Gasteiger partial charge < -0.3 is 10.3 Å². The van der Waals surface area contributed by atoms with Gasteiger partial charge in [-0.05, 0) is 19.4 Å². The maximum absolute atomic E-state index is 5.98. The first-order chi connectivity index (χ1) is 8.24. The molecule has 3 rings (SSSR count). The van der Waals surface area contributed by atoms with Crippen LogP contribution in [-0.2, 0) is 13.0 Å². The van der Waals surface area contributed by atoms with E-state index < -0.39 is 0 Å². The van der Waals surface area contributed by atoms with E-state index in [4.69, 9.17) is 5.73 Å². The highest BCUT2D eigenvalue weighted by Crippen LogP contribution is 2.24. The van der Waals surface area contributed by atoms with E-state index in [0.717, 1.165) is 25.2 Å². The summed E-state index contributed by atoms with van der Waals surface area (Å²) in [6.45, 7) is 3.10. The fourth-order valence-corrected chi connectivity index (χ4v) is 2.50. The third-order valence-electron chi connectivity index (χ3n) is 3.41. The summed E-state index contributed by atoms with van der Waals surface area (Å²) in [6.07, 6.45) is 3.96. The van der Waals surface area contributed by atoms with Gasteiger partial charge in [0.05, 0.1) is 0 Å². The van der Waals surface area contributed by atoms with Gasteiger partial charge in [0.2, 0.25) is 0 Å². The highest BCUT2D eigenvalue weighted by atomic mass is 35.5. The molecule has 2 heterocycles. The van der Waals surface area contributed by atoms with E-state index in [0.29, 0.717) is 6.04 Å². The van der Waals surface area contributed by atoms with Crippen molar-refractivity contribution in [2.75, 3.05) is 0 Å². The van der Waals surface area contributed by atoms with Crippen molar-refractivity contribution in [2.45, 2.75) is 32.4 Å². The van der Waals surface area contributed by atoms with Gasteiger partial charge in [-0.3, -0.25) is 0 Å². The van der Waals surface area contributed by atoms with Gasteiger partial charge in [0.25, 0.3) is 0 Å². The zero-order valence-electron chi connectivity index (χ0n) is 10.5. The molecule has 1 aliphatic rings. The highest BCUT2D eigenvalue weighted by molar-refractivity contribution is 5.85. The molecular weight excluding hydrogens is 246 g/mol. The maximum atomic E-state index is 5.98. The molecule has 0 saturated heterocycles. The number of hydrogen-bond donors (Lipinski definition) is 1. The van der Waals surface area contributed by atoms with Crippen molar-refractivity contribution >= 4 is 12.4 Å². The van der Waals surface area contributed by atoms with Crippen molar-refractivity contribution in [2.24, 2.45) is 5.73 Å². The lowest BCUT2D eigenvalue weighted by Gasteiger charge is -2.21. The second-order valence-electron chi connectivity index (χ2n) is 4.85. The van der Waals surface area contributed by atoms with Gasteiger partial charge >= 0.3 is 0 Å². The minimum Gasteiger partial charge on any atom is -0.328 e. The molecule has 96 valence electrons. The first-order valence-electron chi connectivity index (χ1n) is 6.11. The van der Waals surface area contributed by atoms with Crippen LogP contribution in [0.3, 0.4) is 0 Å². The van der Waals surface area contributed by atoms with E-state index in [1.807, 2.05) is 6.20 Å². The SMILES string of the molecule is Cc1cccc(-c2ncc3n2CCC(N)C3)c1.Cl. The van der Waals surface area contributed by atoms with Crippen molar-refractivity contribution in [3.63, 3.8) is 0 Å². The Labute approximate surface area is 113 Å². The van der Waals surface area contributed by atoms with E-state index in [9.17, 15) is 0 Å². The fourth-order valence-electron chi connectivity index (χ4n) is 2.50. The summed E-state index contributed by atoms with van der Waals surface area (Å²) in [5.41, 5.74) is 9.72. The molecule has 1 atom stereocenters. The molecule has 1 aromatic carbocycles. The van der Waals surface area contributed by atoms with Crippen LogP contribution in [0.15, 0.2) is 30.5 Å². The number of benzene rings is 1. The summed E-state index contributed by atoms with van der Waals surface area (Å²) in [5, 5.41) is 0. The van der Waals surface area contributed by atoms with Crippen LogP contribution in [-0.4, -0.2) is 15.6 Å². The molecule has 1 unspecified atom stereocenters. The van der Waals surface area contributed by atoms with Gasteiger partial charge in [-0.15, -0.1) is 12.4 Å². The third kappa shape index (κ3) is 2.28. The number of rotatable bonds is 1. The fraction of sp³-hybridized carbons (Fsp3) is 0.357. The van der Waals surface area contributed by atoms with Crippen LogP contribution in [0.25, 0.3) is 11.4 Å². The molecule has 0 fully saturated rings. The summed E-state index contributed by atoms with van der Waals surface area (Å²) in [6, 6.07) is 8.80. The molecule has 18 heavy (non-hydrogen) atoms. The Morgan fingerprint density at radius 1 is 1.39 bits per heavy atom. The summed E-state index contributed by atoms with van der Waals surface area (Å²) in [4.78, 5) is 4.55. The van der Waals surface area contributed by atoms with Crippen LogP contribution in [0.4, 0.5) is 0 Å². The molecular formula is C14H18ClN3. The molecule has 2 N–H and O–H groups in total. The summed E-state index contributed by atoms with van der Waals surface area (Å²) in [5.74, 6) is 1.08. The van der Waals surface area contributed by atoms with Gasteiger partial charge in [0.1, 0.15) is 5.82 Å². The predicted octanol–water partition coefficient (Wildman–Crippen LogP) is 2.55. The monoisotopic (exact) mass is 263 g/mol. The lowest BCUT2D eigenvalue weighted by molar-refractivity contribution is 0.474. The van der Waals surface area contributed by atoms with Crippen LogP contribution in [0.2, 0.25) is 0 Å². The van der Waals surface area contributed by atoms with Gasteiger partial charge in [-0.25, -0.2) is 4.98 Å².